The van der Waals surface area contributed by atoms with Crippen molar-refractivity contribution in [2.45, 2.75) is 188 Å². The zero-order valence-corrected chi connectivity index (χ0v) is 34.5. The molecule has 0 aromatic heterocycles. The molecule has 2 atom stereocenters. The second-order valence-electron chi connectivity index (χ2n) is 14.3. The van der Waals surface area contributed by atoms with Gasteiger partial charge in [0, 0.05) is 32.5 Å². The third-order valence-electron chi connectivity index (χ3n) is 9.23. The van der Waals surface area contributed by atoms with E-state index in [2.05, 4.69) is 52.0 Å². The van der Waals surface area contributed by atoms with Crippen LogP contribution in [0.2, 0.25) is 0 Å². The van der Waals surface area contributed by atoms with E-state index in [1.54, 1.807) is 0 Å². The molecule has 53 heavy (non-hydrogen) atoms. The van der Waals surface area contributed by atoms with E-state index in [4.69, 9.17) is 23.7 Å². The second kappa shape index (κ2) is 39.5. The van der Waals surface area contributed by atoms with Crippen LogP contribution in [-0.4, -0.2) is 68.9 Å². The molecule has 0 amide bonds. The molecular formula is C44H80O9. The first-order valence-electron chi connectivity index (χ1n) is 21.5. The highest BCUT2D eigenvalue weighted by molar-refractivity contribution is 5.70. The molecule has 0 saturated carbocycles. The van der Waals surface area contributed by atoms with Crippen molar-refractivity contribution in [3.8, 4) is 0 Å². The van der Waals surface area contributed by atoms with Crippen molar-refractivity contribution in [2.24, 2.45) is 11.8 Å². The van der Waals surface area contributed by atoms with Crippen LogP contribution >= 0.6 is 0 Å². The lowest BCUT2D eigenvalue weighted by Gasteiger charge is -2.19. The molecule has 0 spiro atoms. The van der Waals surface area contributed by atoms with Crippen LogP contribution in [-0.2, 0) is 38.1 Å². The largest absolute Gasteiger partial charge is 0.466 e. The Kier molecular flexibility index (Phi) is 37.8. The lowest BCUT2D eigenvalue weighted by Crippen LogP contribution is -2.25. The minimum atomic E-state index is -0.498. The van der Waals surface area contributed by atoms with Crippen molar-refractivity contribution < 1.29 is 43.2 Å². The molecule has 0 rings (SSSR count). The van der Waals surface area contributed by atoms with Crippen molar-refractivity contribution in [3.05, 3.63) is 24.3 Å². The zero-order chi connectivity index (χ0) is 39.0. The summed E-state index contributed by atoms with van der Waals surface area (Å²) < 4.78 is 28.2. The van der Waals surface area contributed by atoms with Crippen LogP contribution in [0.3, 0.4) is 0 Å². The van der Waals surface area contributed by atoms with E-state index in [0.717, 1.165) is 64.2 Å². The maximum atomic E-state index is 12.5. The summed E-state index contributed by atoms with van der Waals surface area (Å²) >= 11 is 0. The van der Waals surface area contributed by atoms with Gasteiger partial charge in [-0.1, -0.05) is 110 Å². The number of unbranched alkanes of at least 4 members (excludes halogenated alkanes) is 10. The van der Waals surface area contributed by atoms with Crippen LogP contribution in [0.5, 0.6) is 0 Å². The van der Waals surface area contributed by atoms with Gasteiger partial charge in [0.15, 0.2) is 6.29 Å². The number of aliphatic hydroxyl groups is 1. The fraction of sp³-hybridized carbons (Fsp3) is 0.841. The molecule has 0 aliphatic carbocycles. The Labute approximate surface area is 324 Å². The van der Waals surface area contributed by atoms with Gasteiger partial charge in [-0.05, 0) is 76.5 Å². The maximum Gasteiger partial charge on any atom is 0.305 e. The number of allylic oxidation sites excluding steroid dienone is 4. The SMILES string of the molecule is CC/C=C\CCCCOC(CCC(=O)OCC(CO)COC(=O)CCCCCC(=O)OCCC(CCCC)CCCCCC)OCCCC/C=C\CC. The molecule has 310 valence electrons. The molecule has 0 fully saturated rings. The summed E-state index contributed by atoms with van der Waals surface area (Å²) in [5.74, 6) is -0.798. The Morgan fingerprint density at radius 1 is 0.491 bits per heavy atom. The molecule has 0 saturated heterocycles. The van der Waals surface area contributed by atoms with E-state index < -0.39 is 18.2 Å². The van der Waals surface area contributed by atoms with Gasteiger partial charge < -0.3 is 28.8 Å². The van der Waals surface area contributed by atoms with Gasteiger partial charge in [0.2, 0.25) is 0 Å². The maximum absolute atomic E-state index is 12.5. The highest BCUT2D eigenvalue weighted by Gasteiger charge is 2.17. The van der Waals surface area contributed by atoms with Crippen LogP contribution in [0, 0.1) is 11.8 Å². The van der Waals surface area contributed by atoms with Gasteiger partial charge >= 0.3 is 17.9 Å². The topological polar surface area (TPSA) is 118 Å². The average Bonchev–Trinajstić information content (AvgIpc) is 3.16. The standard InChI is InChI=1S/C44H80O9/c1-5-9-13-16-18-24-33-50-44(51-34-25-19-17-14-10-6-2)31-30-43(48)53-38-40(36-45)37-52-42(47)29-23-20-22-28-41(46)49-35-32-39(26-12-8-4)27-21-15-11-7-3/h9-10,13-14,39-40,44-45H,5-8,11-12,15-38H2,1-4H3/b13-9-,14-10-. The van der Waals surface area contributed by atoms with Crippen molar-refractivity contribution in [1.29, 1.82) is 0 Å². The van der Waals surface area contributed by atoms with Crippen molar-refractivity contribution in [1.82, 2.24) is 0 Å². The molecule has 9 heteroatoms. The summed E-state index contributed by atoms with van der Waals surface area (Å²) in [5.41, 5.74) is 0. The smallest absolute Gasteiger partial charge is 0.305 e. The van der Waals surface area contributed by atoms with Crippen molar-refractivity contribution >= 4 is 17.9 Å². The molecule has 2 unspecified atom stereocenters. The number of carbonyl (C=O) groups excluding carboxylic acids is 3. The zero-order valence-electron chi connectivity index (χ0n) is 34.5. The van der Waals surface area contributed by atoms with E-state index in [1.807, 2.05) is 0 Å². The molecule has 0 aliphatic rings. The van der Waals surface area contributed by atoms with E-state index in [9.17, 15) is 19.5 Å². The predicted octanol–water partition coefficient (Wildman–Crippen LogP) is 10.8. The molecule has 0 bridgehead atoms. The van der Waals surface area contributed by atoms with Gasteiger partial charge in [0.25, 0.3) is 0 Å². The molecule has 0 radical (unpaired) electrons. The molecule has 0 aromatic carbocycles. The molecule has 0 aliphatic heterocycles. The molecule has 1 N–H and O–H groups in total. The number of esters is 3. The quantitative estimate of drug-likeness (QED) is 0.0215. The van der Waals surface area contributed by atoms with Gasteiger partial charge in [0.05, 0.1) is 38.8 Å². The summed E-state index contributed by atoms with van der Waals surface area (Å²) in [7, 11) is 0. The normalized spacial score (nSPS) is 12.9. The number of hydrogen-bond donors (Lipinski definition) is 1. The molecule has 0 aromatic rings. The van der Waals surface area contributed by atoms with Gasteiger partial charge in [-0.2, -0.15) is 0 Å². The van der Waals surface area contributed by atoms with Crippen molar-refractivity contribution in [3.63, 3.8) is 0 Å². The number of ether oxygens (including phenoxy) is 5. The van der Waals surface area contributed by atoms with Crippen LogP contribution in [0.1, 0.15) is 182 Å². The Morgan fingerprint density at radius 2 is 1.02 bits per heavy atom. The van der Waals surface area contributed by atoms with Crippen LogP contribution in [0.25, 0.3) is 0 Å². The van der Waals surface area contributed by atoms with Crippen LogP contribution < -0.4 is 0 Å². The number of carbonyl (C=O) groups is 3. The first-order chi connectivity index (χ1) is 25.9. The minimum Gasteiger partial charge on any atom is -0.466 e. The third-order valence-corrected chi connectivity index (χ3v) is 9.23. The first kappa shape index (κ1) is 50.8. The fourth-order valence-corrected chi connectivity index (χ4v) is 5.81. The van der Waals surface area contributed by atoms with E-state index in [1.165, 1.54) is 51.4 Å². The summed E-state index contributed by atoms with van der Waals surface area (Å²) in [6.07, 6.45) is 30.3. The van der Waals surface area contributed by atoms with E-state index >= 15 is 0 Å². The minimum absolute atomic E-state index is 0.0253. The highest BCUT2D eigenvalue weighted by Crippen LogP contribution is 2.21. The third kappa shape index (κ3) is 35.2. The van der Waals surface area contributed by atoms with Gasteiger partial charge in [-0.25, -0.2) is 0 Å². The summed E-state index contributed by atoms with van der Waals surface area (Å²) in [5, 5.41) is 9.76. The number of hydrogen-bond acceptors (Lipinski definition) is 9. The summed E-state index contributed by atoms with van der Waals surface area (Å²) in [6.45, 7) is 10.0. The lowest BCUT2D eigenvalue weighted by molar-refractivity contribution is -0.161. The lowest BCUT2D eigenvalue weighted by atomic mass is 9.92. The average molecular weight is 753 g/mol. The van der Waals surface area contributed by atoms with E-state index in [0.29, 0.717) is 51.4 Å². The monoisotopic (exact) mass is 753 g/mol. The predicted molar refractivity (Wildman–Crippen MR) is 214 cm³/mol. The highest BCUT2D eigenvalue weighted by atomic mass is 16.7. The first-order valence-corrected chi connectivity index (χ1v) is 21.5. The van der Waals surface area contributed by atoms with Gasteiger partial charge in [-0.15, -0.1) is 0 Å². The number of aliphatic hydroxyl groups excluding tert-OH is 1. The Morgan fingerprint density at radius 3 is 1.57 bits per heavy atom. The van der Waals surface area contributed by atoms with E-state index in [-0.39, 0.29) is 44.6 Å². The van der Waals surface area contributed by atoms with Gasteiger partial charge in [-0.3, -0.25) is 14.4 Å². The summed E-state index contributed by atoms with van der Waals surface area (Å²) in [6, 6.07) is 0. The second-order valence-corrected chi connectivity index (χ2v) is 14.3. The fourth-order valence-electron chi connectivity index (χ4n) is 5.81. The Bertz CT molecular complexity index is 879. The number of rotatable bonds is 39. The summed E-state index contributed by atoms with van der Waals surface area (Å²) in [4.78, 5) is 37.0. The van der Waals surface area contributed by atoms with Crippen LogP contribution in [0.15, 0.2) is 24.3 Å². The Balaban J connectivity index is 4.28. The van der Waals surface area contributed by atoms with Crippen molar-refractivity contribution in [2.75, 3.05) is 39.6 Å². The Hall–Kier alpha value is -2.23. The van der Waals surface area contributed by atoms with Crippen LogP contribution in [0.4, 0.5) is 0 Å². The molecular weight excluding hydrogens is 672 g/mol. The molecule has 0 heterocycles. The van der Waals surface area contributed by atoms with Gasteiger partial charge in [0.1, 0.15) is 0 Å². The molecule has 9 nitrogen and oxygen atoms in total.